The van der Waals surface area contributed by atoms with E-state index in [1.807, 2.05) is 18.5 Å². The Hall–Kier alpha value is -6.31. The molecule has 1 nitrogen and oxygen atoms in total. The van der Waals surface area contributed by atoms with E-state index < -0.39 is 0 Å². The van der Waals surface area contributed by atoms with Gasteiger partial charge in [-0.3, -0.25) is 4.98 Å². The third-order valence-electron chi connectivity index (χ3n) is 9.56. The smallest absolute Gasteiger partial charge is 0.0346 e. The lowest BCUT2D eigenvalue weighted by Crippen LogP contribution is -1.91. The van der Waals surface area contributed by atoms with Crippen molar-refractivity contribution in [3.05, 3.63) is 188 Å². The highest BCUT2D eigenvalue weighted by molar-refractivity contribution is 6.21. The van der Waals surface area contributed by atoms with Crippen LogP contribution in [0.1, 0.15) is 0 Å². The summed E-state index contributed by atoms with van der Waals surface area (Å²) in [6.07, 6.45) is 3.74. The van der Waals surface area contributed by atoms with E-state index in [1.54, 1.807) is 0 Å². The van der Waals surface area contributed by atoms with Crippen molar-refractivity contribution in [2.75, 3.05) is 0 Å². The molecule has 1 aromatic heterocycles. The van der Waals surface area contributed by atoms with E-state index in [9.17, 15) is 0 Å². The van der Waals surface area contributed by atoms with Crippen molar-refractivity contribution in [1.82, 2.24) is 4.98 Å². The fourth-order valence-corrected chi connectivity index (χ4v) is 7.27. The molecule has 8 aromatic carbocycles. The van der Waals surface area contributed by atoms with Crippen molar-refractivity contribution in [3.8, 4) is 55.6 Å². The third-order valence-corrected chi connectivity index (χ3v) is 9.56. The van der Waals surface area contributed by atoms with Gasteiger partial charge in [-0.05, 0) is 106 Å². The monoisotopic (exact) mass is 609 g/mol. The molecule has 1 heteroatoms. The van der Waals surface area contributed by atoms with Crippen molar-refractivity contribution >= 4 is 32.3 Å². The van der Waals surface area contributed by atoms with Crippen LogP contribution < -0.4 is 0 Å². The largest absolute Gasteiger partial charge is 0.264 e. The van der Waals surface area contributed by atoms with Crippen molar-refractivity contribution in [2.45, 2.75) is 0 Å². The molecule has 0 radical (unpaired) electrons. The van der Waals surface area contributed by atoms with E-state index in [-0.39, 0.29) is 0 Å². The first-order valence-corrected chi connectivity index (χ1v) is 16.5. The lowest BCUT2D eigenvalue weighted by molar-refractivity contribution is 1.33. The molecule has 0 atom stereocenters. The Bertz CT molecular complexity index is 2510. The van der Waals surface area contributed by atoms with E-state index in [0.29, 0.717) is 0 Å². The first-order chi connectivity index (χ1) is 23.8. The van der Waals surface area contributed by atoms with E-state index in [1.165, 1.54) is 82.4 Å². The fraction of sp³-hybridized carbons (Fsp3) is 0. The third kappa shape index (κ3) is 4.85. The van der Waals surface area contributed by atoms with Crippen LogP contribution in [0.25, 0.3) is 88.0 Å². The Morgan fingerprint density at radius 3 is 1.17 bits per heavy atom. The summed E-state index contributed by atoms with van der Waals surface area (Å²) >= 11 is 0. The normalized spacial score (nSPS) is 11.3. The molecule has 0 aliphatic heterocycles. The summed E-state index contributed by atoms with van der Waals surface area (Å²) < 4.78 is 0. The molecule has 48 heavy (non-hydrogen) atoms. The van der Waals surface area contributed by atoms with Gasteiger partial charge in [-0.25, -0.2) is 0 Å². The van der Waals surface area contributed by atoms with E-state index >= 15 is 0 Å². The van der Waals surface area contributed by atoms with E-state index in [0.717, 1.165) is 5.56 Å². The van der Waals surface area contributed by atoms with Crippen LogP contribution in [0.2, 0.25) is 0 Å². The number of pyridine rings is 1. The molecule has 0 aliphatic rings. The van der Waals surface area contributed by atoms with Gasteiger partial charge in [-0.2, -0.15) is 0 Å². The maximum atomic E-state index is 4.31. The number of nitrogens with zero attached hydrogens (tertiary/aromatic N) is 1. The number of aromatic nitrogens is 1. The molecule has 0 saturated carbocycles. The molecule has 0 amide bonds. The Morgan fingerprint density at radius 1 is 0.292 bits per heavy atom. The quantitative estimate of drug-likeness (QED) is 0.177. The summed E-state index contributed by atoms with van der Waals surface area (Å²) in [5.41, 5.74) is 12.2. The minimum Gasteiger partial charge on any atom is -0.264 e. The van der Waals surface area contributed by atoms with E-state index in [4.69, 9.17) is 0 Å². The lowest BCUT2D eigenvalue weighted by Gasteiger charge is -2.18. The molecule has 9 rings (SSSR count). The average Bonchev–Trinajstić information content (AvgIpc) is 3.17. The summed E-state index contributed by atoms with van der Waals surface area (Å²) in [7, 11) is 0. The SMILES string of the molecule is c1ccc(-c2cc3ccccc3cc2-c2ccc(-c3c4ccccc4c(-c4ccc(-c5cccnc5)cc4)c4ccccc34)cc2)cc1. The topological polar surface area (TPSA) is 12.9 Å². The zero-order valence-electron chi connectivity index (χ0n) is 26.3. The number of benzene rings is 8. The molecule has 0 N–H and O–H groups in total. The first kappa shape index (κ1) is 28.0. The average molecular weight is 610 g/mol. The van der Waals surface area contributed by atoms with Gasteiger partial charge in [0.25, 0.3) is 0 Å². The second-order valence-electron chi connectivity index (χ2n) is 12.3. The van der Waals surface area contributed by atoms with Gasteiger partial charge < -0.3 is 0 Å². The van der Waals surface area contributed by atoms with Crippen molar-refractivity contribution < 1.29 is 0 Å². The van der Waals surface area contributed by atoms with Crippen molar-refractivity contribution in [3.63, 3.8) is 0 Å². The summed E-state index contributed by atoms with van der Waals surface area (Å²) in [4.78, 5) is 4.31. The minimum atomic E-state index is 1.12. The van der Waals surface area contributed by atoms with Gasteiger partial charge in [0.2, 0.25) is 0 Å². The predicted molar refractivity (Wildman–Crippen MR) is 204 cm³/mol. The zero-order chi connectivity index (χ0) is 31.9. The van der Waals surface area contributed by atoms with Gasteiger partial charge in [0.15, 0.2) is 0 Å². The maximum Gasteiger partial charge on any atom is 0.0346 e. The Kier molecular flexibility index (Phi) is 6.87. The number of hydrogen-bond donors (Lipinski definition) is 0. The van der Waals surface area contributed by atoms with Crippen LogP contribution in [0.4, 0.5) is 0 Å². The Labute approximate surface area is 280 Å². The minimum absolute atomic E-state index is 1.12. The lowest BCUT2D eigenvalue weighted by atomic mass is 9.85. The molecule has 0 fully saturated rings. The van der Waals surface area contributed by atoms with Gasteiger partial charge >= 0.3 is 0 Å². The van der Waals surface area contributed by atoms with Crippen molar-refractivity contribution in [2.24, 2.45) is 0 Å². The van der Waals surface area contributed by atoms with E-state index in [2.05, 4.69) is 175 Å². The number of rotatable bonds is 5. The van der Waals surface area contributed by atoms with Gasteiger partial charge in [0.05, 0.1) is 0 Å². The highest BCUT2D eigenvalue weighted by Gasteiger charge is 2.17. The molecule has 0 unspecified atom stereocenters. The highest BCUT2D eigenvalue weighted by atomic mass is 14.6. The first-order valence-electron chi connectivity index (χ1n) is 16.5. The van der Waals surface area contributed by atoms with Crippen LogP contribution in [0, 0.1) is 0 Å². The Balaban J connectivity index is 1.20. The van der Waals surface area contributed by atoms with Crippen LogP contribution in [0.15, 0.2) is 188 Å². The summed E-state index contributed by atoms with van der Waals surface area (Å²) in [5, 5.41) is 7.52. The second-order valence-corrected chi connectivity index (χ2v) is 12.3. The second kappa shape index (κ2) is 11.8. The predicted octanol–water partition coefficient (Wildman–Crippen LogP) is 12.9. The molecule has 0 spiro atoms. The molecule has 0 saturated heterocycles. The molecular weight excluding hydrogens is 579 g/mol. The molecular formula is C47H31N. The molecule has 0 bridgehead atoms. The summed E-state index contributed by atoms with van der Waals surface area (Å²) in [6, 6.07) is 63.9. The van der Waals surface area contributed by atoms with Crippen molar-refractivity contribution in [1.29, 1.82) is 0 Å². The number of hydrogen-bond acceptors (Lipinski definition) is 1. The van der Waals surface area contributed by atoms with Crippen LogP contribution in [0.5, 0.6) is 0 Å². The standard InChI is InChI=1S/C47H31N/c1-2-11-33(12-3-1)44-29-37-13-4-5-14-38(37)30-45(44)34-22-26-36(27-23-34)47-42-18-8-6-16-40(42)46(41-17-7-9-19-43(41)47)35-24-20-32(21-25-35)39-15-10-28-48-31-39/h1-31H. The maximum absolute atomic E-state index is 4.31. The van der Waals surface area contributed by atoms with Gasteiger partial charge in [-0.1, -0.05) is 158 Å². The summed E-state index contributed by atoms with van der Waals surface area (Å²) in [6.45, 7) is 0. The van der Waals surface area contributed by atoms with Crippen LogP contribution in [-0.4, -0.2) is 4.98 Å². The van der Waals surface area contributed by atoms with Crippen LogP contribution in [0.3, 0.4) is 0 Å². The highest BCUT2D eigenvalue weighted by Crippen LogP contribution is 2.44. The van der Waals surface area contributed by atoms with Gasteiger partial charge in [0, 0.05) is 12.4 Å². The van der Waals surface area contributed by atoms with Crippen LogP contribution in [-0.2, 0) is 0 Å². The Morgan fingerprint density at radius 2 is 0.688 bits per heavy atom. The molecule has 0 aliphatic carbocycles. The fourth-order valence-electron chi connectivity index (χ4n) is 7.27. The summed E-state index contributed by atoms with van der Waals surface area (Å²) in [5.74, 6) is 0. The van der Waals surface area contributed by atoms with Gasteiger partial charge in [0.1, 0.15) is 0 Å². The molecule has 1 heterocycles. The number of fused-ring (bicyclic) bond motifs is 3. The zero-order valence-corrected chi connectivity index (χ0v) is 26.3. The molecule has 9 aromatic rings. The van der Waals surface area contributed by atoms with Crippen LogP contribution >= 0.6 is 0 Å². The molecule has 224 valence electrons. The van der Waals surface area contributed by atoms with Gasteiger partial charge in [-0.15, -0.1) is 0 Å².